The summed E-state index contributed by atoms with van der Waals surface area (Å²) < 4.78 is 6.01. The molecule has 4 nitrogen and oxygen atoms in total. The summed E-state index contributed by atoms with van der Waals surface area (Å²) in [6.45, 7) is 2.73. The Morgan fingerprint density at radius 3 is 2.92 bits per heavy atom. The number of fused-ring (bicyclic) bond motifs is 4. The monoisotopic (exact) mass is 348 g/mol. The Morgan fingerprint density at radius 2 is 2.15 bits per heavy atom. The summed E-state index contributed by atoms with van der Waals surface area (Å²) in [6, 6.07) is 6.67. The molecule has 1 spiro atoms. The zero-order valence-corrected chi connectivity index (χ0v) is 15.3. The maximum absolute atomic E-state index is 13.5. The Labute approximate surface area is 154 Å². The first kappa shape index (κ1) is 15.9. The smallest absolute Gasteiger partial charge is 0.259 e. The lowest BCUT2D eigenvalue weighted by Crippen LogP contribution is -2.57. The number of amidine groups is 1. The van der Waals surface area contributed by atoms with Gasteiger partial charge in [-0.2, -0.15) is 4.99 Å². The van der Waals surface area contributed by atoms with E-state index in [4.69, 9.17) is 4.74 Å². The second kappa shape index (κ2) is 5.32. The molecule has 1 aromatic carbocycles. The second-order valence-electron chi connectivity index (χ2n) is 8.09. The molecular formula is C22H24N2O2. The van der Waals surface area contributed by atoms with Gasteiger partial charge in [0.25, 0.3) is 5.91 Å². The number of aliphatic imine (C=N–C) groups is 1. The third-order valence-corrected chi connectivity index (χ3v) is 6.75. The number of carbonyl (C=O) groups is 1. The van der Waals surface area contributed by atoms with Crippen LogP contribution in [-0.4, -0.2) is 25.4 Å². The van der Waals surface area contributed by atoms with Gasteiger partial charge in [-0.05, 0) is 42.4 Å². The average molecular weight is 348 g/mol. The molecule has 0 bridgehead atoms. The molecule has 2 fully saturated rings. The highest BCUT2D eigenvalue weighted by molar-refractivity contribution is 6.13. The highest BCUT2D eigenvalue weighted by atomic mass is 16.5. The van der Waals surface area contributed by atoms with E-state index in [9.17, 15) is 4.79 Å². The van der Waals surface area contributed by atoms with Crippen molar-refractivity contribution in [2.75, 3.05) is 13.7 Å². The van der Waals surface area contributed by atoms with Crippen molar-refractivity contribution in [2.24, 2.45) is 10.4 Å². The van der Waals surface area contributed by atoms with Crippen LogP contribution in [0.4, 0.5) is 0 Å². The molecule has 1 aromatic rings. The molecule has 4 aliphatic rings. The Morgan fingerprint density at radius 1 is 1.31 bits per heavy atom. The van der Waals surface area contributed by atoms with Crippen LogP contribution >= 0.6 is 0 Å². The van der Waals surface area contributed by atoms with Crippen LogP contribution in [0.3, 0.4) is 0 Å². The van der Waals surface area contributed by atoms with E-state index in [1.54, 1.807) is 0 Å². The van der Waals surface area contributed by atoms with Gasteiger partial charge in [0.05, 0.1) is 12.0 Å². The van der Waals surface area contributed by atoms with E-state index in [0.29, 0.717) is 24.8 Å². The van der Waals surface area contributed by atoms with Crippen LogP contribution < -0.4 is 5.32 Å². The first-order chi connectivity index (χ1) is 12.6. The largest absolute Gasteiger partial charge is 0.497 e. The molecule has 1 unspecified atom stereocenters. The lowest BCUT2D eigenvalue weighted by atomic mass is 9.53. The van der Waals surface area contributed by atoms with Gasteiger partial charge in [-0.15, -0.1) is 0 Å². The van der Waals surface area contributed by atoms with Gasteiger partial charge in [0.15, 0.2) is 0 Å². The van der Waals surface area contributed by atoms with Gasteiger partial charge in [-0.1, -0.05) is 37.3 Å². The van der Waals surface area contributed by atoms with E-state index in [0.717, 1.165) is 23.3 Å². The van der Waals surface area contributed by atoms with Crippen LogP contribution in [0, 0.1) is 5.41 Å². The van der Waals surface area contributed by atoms with Crippen molar-refractivity contribution < 1.29 is 9.53 Å². The highest BCUT2D eigenvalue weighted by Gasteiger charge is 2.61. The van der Waals surface area contributed by atoms with Crippen molar-refractivity contribution in [1.82, 2.24) is 5.32 Å². The number of hydrogen-bond donors (Lipinski definition) is 1. The van der Waals surface area contributed by atoms with Crippen molar-refractivity contribution in [1.29, 1.82) is 0 Å². The topological polar surface area (TPSA) is 50.7 Å². The molecule has 1 saturated carbocycles. The SMILES string of the molecule is CNC1=NC(=O)[C@]2(CCOC3=CC=CCC32C)c2cc(C3CC3)ccc21. The number of amides is 1. The molecule has 0 radical (unpaired) electrons. The van der Waals surface area contributed by atoms with Crippen molar-refractivity contribution in [3.63, 3.8) is 0 Å². The lowest BCUT2D eigenvalue weighted by molar-refractivity contribution is -0.133. The molecule has 5 rings (SSSR count). The summed E-state index contributed by atoms with van der Waals surface area (Å²) in [5.74, 6) is 2.22. The van der Waals surface area contributed by atoms with Gasteiger partial charge >= 0.3 is 0 Å². The Bertz CT molecular complexity index is 893. The second-order valence-corrected chi connectivity index (χ2v) is 8.09. The fourth-order valence-corrected chi connectivity index (χ4v) is 5.06. The first-order valence-corrected chi connectivity index (χ1v) is 9.56. The number of hydrogen-bond acceptors (Lipinski definition) is 3. The molecule has 1 saturated heterocycles. The van der Waals surface area contributed by atoms with E-state index in [1.165, 1.54) is 18.4 Å². The first-order valence-electron chi connectivity index (χ1n) is 9.56. The molecule has 2 aliphatic carbocycles. The van der Waals surface area contributed by atoms with Gasteiger partial charge < -0.3 is 10.1 Å². The summed E-state index contributed by atoms with van der Waals surface area (Å²) in [5.41, 5.74) is 2.52. The molecular weight excluding hydrogens is 324 g/mol. The molecule has 1 amide bonds. The number of ether oxygens (including phenoxy) is 1. The van der Waals surface area contributed by atoms with Crippen LogP contribution in [0.25, 0.3) is 0 Å². The van der Waals surface area contributed by atoms with Gasteiger partial charge in [-0.25, -0.2) is 0 Å². The lowest BCUT2D eigenvalue weighted by Gasteiger charge is -2.53. The maximum Gasteiger partial charge on any atom is 0.259 e. The standard InChI is InChI=1S/C22H24N2O2/c1-21-10-4-3-5-18(21)26-12-11-22(21)17-13-15(14-6-7-14)8-9-16(17)19(23-2)24-20(22)25/h3-5,8-9,13-14H,6-7,10-12H2,1-2H3,(H,23,24,25)/t21?,22-/m0/s1. The highest BCUT2D eigenvalue weighted by Crippen LogP contribution is 2.58. The minimum absolute atomic E-state index is 0.0331. The van der Waals surface area contributed by atoms with E-state index in [1.807, 2.05) is 19.2 Å². The van der Waals surface area contributed by atoms with Gasteiger partial charge in [0, 0.05) is 24.4 Å². The summed E-state index contributed by atoms with van der Waals surface area (Å²) in [4.78, 5) is 18.0. The van der Waals surface area contributed by atoms with Crippen LogP contribution in [0.15, 0.2) is 47.2 Å². The molecule has 4 heteroatoms. The minimum Gasteiger partial charge on any atom is -0.497 e. The fourth-order valence-electron chi connectivity index (χ4n) is 5.06. The van der Waals surface area contributed by atoms with Crippen LogP contribution in [0.1, 0.15) is 55.2 Å². The molecule has 134 valence electrons. The van der Waals surface area contributed by atoms with E-state index < -0.39 is 10.8 Å². The molecule has 0 aromatic heterocycles. The van der Waals surface area contributed by atoms with Crippen LogP contribution in [0.2, 0.25) is 0 Å². The number of rotatable bonds is 1. The number of carbonyl (C=O) groups excluding carboxylic acids is 1. The van der Waals surface area contributed by atoms with Crippen molar-refractivity contribution >= 4 is 11.7 Å². The number of nitrogens with zero attached hydrogens (tertiary/aromatic N) is 1. The van der Waals surface area contributed by atoms with Crippen LogP contribution in [-0.2, 0) is 14.9 Å². The van der Waals surface area contributed by atoms with Gasteiger partial charge in [0.2, 0.25) is 0 Å². The molecule has 26 heavy (non-hydrogen) atoms. The third kappa shape index (κ3) is 1.90. The molecule has 2 aliphatic heterocycles. The summed E-state index contributed by atoms with van der Waals surface area (Å²) in [7, 11) is 1.84. The Hall–Kier alpha value is -2.36. The number of benzene rings is 1. The molecule has 1 N–H and O–H groups in total. The predicted molar refractivity (Wildman–Crippen MR) is 101 cm³/mol. The third-order valence-electron chi connectivity index (χ3n) is 6.75. The quantitative estimate of drug-likeness (QED) is 0.844. The van der Waals surface area contributed by atoms with E-state index >= 15 is 0 Å². The predicted octanol–water partition coefficient (Wildman–Crippen LogP) is 3.58. The van der Waals surface area contributed by atoms with E-state index in [2.05, 4.69) is 41.5 Å². The zero-order valence-electron chi connectivity index (χ0n) is 15.3. The van der Waals surface area contributed by atoms with Gasteiger partial charge in [0.1, 0.15) is 11.6 Å². The summed E-state index contributed by atoms with van der Waals surface area (Å²) in [6.07, 6.45) is 10.2. The fraction of sp³-hybridized carbons (Fsp3) is 0.455. The molecule has 2 heterocycles. The van der Waals surface area contributed by atoms with Crippen molar-refractivity contribution in [2.45, 2.75) is 43.9 Å². The maximum atomic E-state index is 13.5. The summed E-state index contributed by atoms with van der Waals surface area (Å²) >= 11 is 0. The Kier molecular flexibility index (Phi) is 3.25. The van der Waals surface area contributed by atoms with Gasteiger partial charge in [-0.3, -0.25) is 4.79 Å². The average Bonchev–Trinajstić information content (AvgIpc) is 3.49. The summed E-state index contributed by atoms with van der Waals surface area (Å²) in [5, 5.41) is 3.13. The Balaban J connectivity index is 1.78. The van der Waals surface area contributed by atoms with Crippen LogP contribution in [0.5, 0.6) is 0 Å². The van der Waals surface area contributed by atoms with Crippen molar-refractivity contribution in [3.8, 4) is 0 Å². The number of nitrogens with one attached hydrogen (secondary N) is 1. The van der Waals surface area contributed by atoms with Crippen molar-refractivity contribution in [3.05, 3.63) is 58.9 Å². The molecule has 2 atom stereocenters. The zero-order chi connectivity index (χ0) is 17.9. The normalized spacial score (nSPS) is 32.3. The van der Waals surface area contributed by atoms with E-state index in [-0.39, 0.29) is 5.91 Å². The minimum atomic E-state index is -0.650. The number of allylic oxidation sites excluding steroid dienone is 4.